The van der Waals surface area contributed by atoms with E-state index in [0.717, 1.165) is 17.9 Å². The maximum atomic E-state index is 12.6. The van der Waals surface area contributed by atoms with E-state index in [-0.39, 0.29) is 18.4 Å². The van der Waals surface area contributed by atoms with Crippen molar-refractivity contribution < 1.29 is 14.3 Å². The van der Waals surface area contributed by atoms with Crippen molar-refractivity contribution in [3.05, 3.63) is 53.6 Å². The Morgan fingerprint density at radius 3 is 2.79 bits per heavy atom. The van der Waals surface area contributed by atoms with Crippen LogP contribution in [-0.4, -0.2) is 52.9 Å². The van der Waals surface area contributed by atoms with Crippen molar-refractivity contribution in [3.63, 3.8) is 0 Å². The van der Waals surface area contributed by atoms with Gasteiger partial charge in [0.25, 0.3) is 0 Å². The second-order valence-corrected chi connectivity index (χ2v) is 8.17. The molecule has 0 bridgehead atoms. The number of carbonyl (C=O) groups is 2. The maximum absolute atomic E-state index is 12.6. The molecule has 1 aromatic carbocycles. The van der Waals surface area contributed by atoms with Gasteiger partial charge in [-0.2, -0.15) is 0 Å². The van der Waals surface area contributed by atoms with E-state index in [2.05, 4.69) is 34.3 Å². The fourth-order valence-corrected chi connectivity index (χ4v) is 3.78. The Bertz CT molecular complexity index is 855. The Balaban J connectivity index is 1.29. The predicted molar refractivity (Wildman–Crippen MR) is 108 cm³/mol. The standard InChI is InChI=1S/C22H28N4O3/c1-16-4-2-3-5-19(16)22(29-12-17-6-7-17)13-26(14-22)21(28)11-24-20(27)9-8-18-10-23-15-25-18/h2-5,10,15,17H,6-9,11-14H2,1H3,(H,23,25)(H,24,27). The third kappa shape index (κ3) is 4.67. The van der Waals surface area contributed by atoms with Crippen LogP contribution in [0.15, 0.2) is 36.8 Å². The van der Waals surface area contributed by atoms with Crippen LogP contribution in [0.4, 0.5) is 0 Å². The summed E-state index contributed by atoms with van der Waals surface area (Å²) in [7, 11) is 0. The number of hydrogen-bond acceptors (Lipinski definition) is 4. The van der Waals surface area contributed by atoms with Crippen LogP contribution in [0.25, 0.3) is 0 Å². The highest BCUT2D eigenvalue weighted by atomic mass is 16.5. The molecule has 4 rings (SSSR count). The van der Waals surface area contributed by atoms with Gasteiger partial charge in [-0.1, -0.05) is 24.3 Å². The van der Waals surface area contributed by atoms with Gasteiger partial charge in [0.2, 0.25) is 11.8 Å². The SMILES string of the molecule is Cc1ccccc1C1(OCC2CC2)CN(C(=O)CNC(=O)CCc2cnc[nH]2)C1. The van der Waals surface area contributed by atoms with Crippen molar-refractivity contribution in [1.29, 1.82) is 0 Å². The lowest BCUT2D eigenvalue weighted by Gasteiger charge is -2.50. The Morgan fingerprint density at radius 2 is 2.10 bits per heavy atom. The van der Waals surface area contributed by atoms with Crippen LogP contribution in [0.1, 0.15) is 36.1 Å². The molecule has 2 amide bonds. The lowest BCUT2D eigenvalue weighted by molar-refractivity contribution is -0.173. The third-order valence-corrected chi connectivity index (χ3v) is 5.79. The number of carbonyl (C=O) groups excluding carboxylic acids is 2. The Kier molecular flexibility index (Phi) is 5.67. The topological polar surface area (TPSA) is 87.3 Å². The van der Waals surface area contributed by atoms with Crippen molar-refractivity contribution >= 4 is 11.8 Å². The lowest BCUT2D eigenvalue weighted by atomic mass is 9.83. The van der Waals surface area contributed by atoms with Crippen LogP contribution in [0.3, 0.4) is 0 Å². The summed E-state index contributed by atoms with van der Waals surface area (Å²) >= 11 is 0. The first-order chi connectivity index (χ1) is 14.1. The van der Waals surface area contributed by atoms with Gasteiger partial charge in [-0.05, 0) is 43.2 Å². The Hall–Kier alpha value is -2.67. The largest absolute Gasteiger partial charge is 0.366 e. The average molecular weight is 396 g/mol. The molecule has 2 N–H and O–H groups in total. The molecule has 0 atom stereocenters. The van der Waals surface area contributed by atoms with Gasteiger partial charge in [-0.25, -0.2) is 4.98 Å². The molecule has 0 radical (unpaired) electrons. The van der Waals surface area contributed by atoms with E-state index in [1.807, 2.05) is 12.1 Å². The number of rotatable bonds is 9. The minimum atomic E-state index is -0.422. The van der Waals surface area contributed by atoms with E-state index in [0.29, 0.717) is 31.8 Å². The fraction of sp³-hybridized carbons (Fsp3) is 0.500. The monoisotopic (exact) mass is 396 g/mol. The molecule has 29 heavy (non-hydrogen) atoms. The molecule has 2 fully saturated rings. The van der Waals surface area contributed by atoms with Gasteiger partial charge in [0.15, 0.2) is 0 Å². The number of nitrogens with one attached hydrogen (secondary N) is 2. The first-order valence-corrected chi connectivity index (χ1v) is 10.3. The summed E-state index contributed by atoms with van der Waals surface area (Å²) in [6, 6.07) is 8.23. The summed E-state index contributed by atoms with van der Waals surface area (Å²) < 4.78 is 6.35. The van der Waals surface area contributed by atoms with Crippen LogP contribution < -0.4 is 5.32 Å². The number of likely N-dealkylation sites (tertiary alicyclic amines) is 1. The normalized spacial score (nSPS) is 17.6. The fourth-order valence-electron chi connectivity index (χ4n) is 3.78. The smallest absolute Gasteiger partial charge is 0.242 e. The number of aryl methyl sites for hydroxylation is 2. The van der Waals surface area contributed by atoms with Gasteiger partial charge in [0.05, 0.1) is 32.6 Å². The summed E-state index contributed by atoms with van der Waals surface area (Å²) in [5, 5.41) is 2.73. The maximum Gasteiger partial charge on any atom is 0.242 e. The second kappa shape index (κ2) is 8.37. The van der Waals surface area contributed by atoms with Crippen molar-refractivity contribution in [2.24, 2.45) is 5.92 Å². The highest BCUT2D eigenvalue weighted by molar-refractivity contribution is 5.85. The molecular weight excluding hydrogens is 368 g/mol. The lowest BCUT2D eigenvalue weighted by Crippen LogP contribution is -2.64. The van der Waals surface area contributed by atoms with E-state index in [9.17, 15) is 9.59 Å². The summed E-state index contributed by atoms with van der Waals surface area (Å²) in [5.74, 6) is 0.456. The molecule has 1 aliphatic heterocycles. The number of aromatic amines is 1. The third-order valence-electron chi connectivity index (χ3n) is 5.79. The minimum Gasteiger partial charge on any atom is -0.366 e. The number of benzene rings is 1. The summed E-state index contributed by atoms with van der Waals surface area (Å²) in [4.78, 5) is 33.2. The predicted octanol–water partition coefficient (Wildman–Crippen LogP) is 1.93. The van der Waals surface area contributed by atoms with Crippen molar-refractivity contribution in [2.45, 2.75) is 38.2 Å². The van der Waals surface area contributed by atoms with Crippen molar-refractivity contribution in [2.75, 3.05) is 26.2 Å². The average Bonchev–Trinajstić information content (AvgIpc) is 3.37. The van der Waals surface area contributed by atoms with Gasteiger partial charge in [-0.15, -0.1) is 0 Å². The van der Waals surface area contributed by atoms with Gasteiger partial charge in [0.1, 0.15) is 5.60 Å². The quantitative estimate of drug-likeness (QED) is 0.678. The van der Waals surface area contributed by atoms with Crippen LogP contribution in [0, 0.1) is 12.8 Å². The van der Waals surface area contributed by atoms with Crippen molar-refractivity contribution in [3.8, 4) is 0 Å². The zero-order chi connectivity index (χ0) is 20.3. The summed E-state index contributed by atoms with van der Waals surface area (Å²) in [6.45, 7) is 3.93. The molecule has 7 heteroatoms. The molecule has 154 valence electrons. The molecule has 1 aromatic heterocycles. The second-order valence-electron chi connectivity index (χ2n) is 8.17. The number of nitrogens with zero attached hydrogens (tertiary/aromatic N) is 2. The molecule has 0 spiro atoms. The zero-order valence-electron chi connectivity index (χ0n) is 16.8. The highest BCUT2D eigenvalue weighted by Gasteiger charge is 2.48. The molecule has 1 saturated carbocycles. The van der Waals surface area contributed by atoms with E-state index in [4.69, 9.17) is 4.74 Å². The van der Waals surface area contributed by atoms with Gasteiger partial charge in [0, 0.05) is 18.3 Å². The molecule has 0 unspecified atom stereocenters. The molecule has 2 aliphatic rings. The summed E-state index contributed by atoms with van der Waals surface area (Å²) in [6.07, 6.45) is 6.66. The molecule has 1 saturated heterocycles. The Morgan fingerprint density at radius 1 is 1.31 bits per heavy atom. The van der Waals surface area contributed by atoms with E-state index >= 15 is 0 Å². The van der Waals surface area contributed by atoms with E-state index in [1.54, 1.807) is 17.4 Å². The van der Waals surface area contributed by atoms with Crippen LogP contribution in [0.5, 0.6) is 0 Å². The van der Waals surface area contributed by atoms with E-state index in [1.165, 1.54) is 18.4 Å². The number of hydrogen-bond donors (Lipinski definition) is 2. The Labute approximate surface area is 170 Å². The van der Waals surface area contributed by atoms with Crippen LogP contribution >= 0.6 is 0 Å². The van der Waals surface area contributed by atoms with E-state index < -0.39 is 5.60 Å². The van der Waals surface area contributed by atoms with Gasteiger partial charge in [-0.3, -0.25) is 9.59 Å². The van der Waals surface area contributed by atoms with Crippen LogP contribution in [-0.2, 0) is 26.3 Å². The van der Waals surface area contributed by atoms with Crippen molar-refractivity contribution in [1.82, 2.24) is 20.2 Å². The number of imidazole rings is 1. The molecule has 2 heterocycles. The van der Waals surface area contributed by atoms with Gasteiger partial charge < -0.3 is 19.9 Å². The first-order valence-electron chi connectivity index (χ1n) is 10.3. The van der Waals surface area contributed by atoms with Gasteiger partial charge >= 0.3 is 0 Å². The number of amides is 2. The minimum absolute atomic E-state index is 0.0221. The first kappa shape index (κ1) is 19.6. The number of H-pyrrole nitrogens is 1. The molecular formula is C22H28N4O3. The highest BCUT2D eigenvalue weighted by Crippen LogP contribution is 2.40. The molecule has 2 aromatic rings. The number of aromatic nitrogens is 2. The molecule has 1 aliphatic carbocycles. The zero-order valence-corrected chi connectivity index (χ0v) is 16.8. The molecule has 7 nitrogen and oxygen atoms in total. The number of ether oxygens (including phenoxy) is 1. The van der Waals surface area contributed by atoms with Crippen LogP contribution in [0.2, 0.25) is 0 Å². The summed E-state index contributed by atoms with van der Waals surface area (Å²) in [5.41, 5.74) is 2.83.